The molecule has 2 aromatic rings. The number of nitrogens with zero attached hydrogens (tertiary/aromatic N) is 1. The summed E-state index contributed by atoms with van der Waals surface area (Å²) in [4.78, 5) is 27.8. The number of oxazole rings is 1. The van der Waals surface area contributed by atoms with Crippen LogP contribution in [0.2, 0.25) is 0 Å². The molecule has 1 heterocycles. The fraction of sp³-hybridized carbons (Fsp3) is 0.389. The summed E-state index contributed by atoms with van der Waals surface area (Å²) in [5.74, 6) is -0.546. The van der Waals surface area contributed by atoms with Crippen molar-refractivity contribution in [3.8, 4) is 11.5 Å². The Kier molecular flexibility index (Phi) is 5.73. The summed E-state index contributed by atoms with van der Waals surface area (Å²) >= 11 is 0. The van der Waals surface area contributed by atoms with Gasteiger partial charge < -0.3 is 14.8 Å². The number of carbonyl (C=O) groups is 2. The van der Waals surface area contributed by atoms with Gasteiger partial charge in [-0.2, -0.15) is 0 Å². The lowest BCUT2D eigenvalue weighted by molar-refractivity contribution is -0.143. The van der Waals surface area contributed by atoms with Crippen LogP contribution in [-0.2, 0) is 16.0 Å². The highest BCUT2D eigenvalue weighted by Crippen LogP contribution is 2.21. The van der Waals surface area contributed by atoms with Gasteiger partial charge in [-0.1, -0.05) is 38.5 Å². The molecule has 0 bridgehead atoms. The summed E-state index contributed by atoms with van der Waals surface area (Å²) in [5, 5.41) is 11.8. The number of nitrogens with one attached hydrogen (secondary N) is 1. The zero-order valence-electron chi connectivity index (χ0n) is 14.1. The zero-order valence-corrected chi connectivity index (χ0v) is 14.1. The Hall–Kier alpha value is -2.63. The van der Waals surface area contributed by atoms with Gasteiger partial charge in [0.05, 0.1) is 12.1 Å². The first-order chi connectivity index (χ1) is 11.4. The smallest absolute Gasteiger partial charge is 0.326 e. The second kappa shape index (κ2) is 7.77. The highest BCUT2D eigenvalue weighted by Gasteiger charge is 2.26. The Labute approximate surface area is 140 Å². The number of amides is 1. The van der Waals surface area contributed by atoms with Gasteiger partial charge in [0, 0.05) is 5.56 Å². The van der Waals surface area contributed by atoms with Crippen molar-refractivity contribution in [1.29, 1.82) is 0 Å². The van der Waals surface area contributed by atoms with E-state index in [1.807, 2.05) is 37.3 Å². The van der Waals surface area contributed by atoms with Gasteiger partial charge in [0.2, 0.25) is 11.8 Å². The number of aliphatic carboxylic acids is 1. The van der Waals surface area contributed by atoms with Crippen molar-refractivity contribution in [2.45, 2.75) is 39.7 Å². The van der Waals surface area contributed by atoms with Crippen LogP contribution >= 0.6 is 0 Å². The van der Waals surface area contributed by atoms with Gasteiger partial charge in [-0.05, 0) is 25.0 Å². The van der Waals surface area contributed by atoms with Crippen molar-refractivity contribution < 1.29 is 19.1 Å². The van der Waals surface area contributed by atoms with E-state index in [0.29, 0.717) is 23.8 Å². The van der Waals surface area contributed by atoms with Crippen molar-refractivity contribution in [3.63, 3.8) is 0 Å². The molecule has 0 aliphatic rings. The molecule has 1 aromatic carbocycles. The lowest BCUT2D eigenvalue weighted by Crippen LogP contribution is -2.45. The Bertz CT molecular complexity index is 709. The number of aromatic nitrogens is 1. The predicted octanol–water partition coefficient (Wildman–Crippen LogP) is 2.81. The molecule has 0 radical (unpaired) electrons. The predicted molar refractivity (Wildman–Crippen MR) is 89.4 cm³/mol. The molecule has 128 valence electrons. The molecule has 24 heavy (non-hydrogen) atoms. The van der Waals surface area contributed by atoms with Crippen LogP contribution in [0.3, 0.4) is 0 Å². The lowest BCUT2D eigenvalue weighted by atomic mass is 9.99. The first-order valence-electron chi connectivity index (χ1n) is 7.96. The van der Waals surface area contributed by atoms with Gasteiger partial charge in [0.1, 0.15) is 11.8 Å². The average molecular weight is 330 g/mol. The standard InChI is InChI=1S/C18H22N2O4/c1-4-11(2)16(18(22)23)20-15(21)10-14-12(3)24-17(19-14)13-8-6-5-7-9-13/h5-9,11,16H,4,10H2,1-3H3,(H,20,21)(H,22,23). The molecule has 2 unspecified atom stereocenters. The maximum atomic E-state index is 12.2. The third-order valence-electron chi connectivity index (χ3n) is 4.04. The molecular weight excluding hydrogens is 308 g/mol. The number of rotatable bonds is 7. The number of benzene rings is 1. The fourth-order valence-electron chi connectivity index (χ4n) is 2.36. The molecule has 0 saturated heterocycles. The van der Waals surface area contributed by atoms with E-state index in [-0.39, 0.29) is 18.2 Å². The molecule has 6 nitrogen and oxygen atoms in total. The number of aryl methyl sites for hydroxylation is 1. The maximum Gasteiger partial charge on any atom is 0.326 e. The molecule has 0 aliphatic carbocycles. The quantitative estimate of drug-likeness (QED) is 0.814. The molecule has 2 rings (SSSR count). The van der Waals surface area contributed by atoms with Crippen LogP contribution in [0, 0.1) is 12.8 Å². The molecule has 2 N–H and O–H groups in total. The summed E-state index contributed by atoms with van der Waals surface area (Å²) in [7, 11) is 0. The number of carboxylic acid groups (broad SMARTS) is 1. The van der Waals surface area contributed by atoms with Crippen LogP contribution in [-0.4, -0.2) is 28.0 Å². The van der Waals surface area contributed by atoms with Gasteiger partial charge in [-0.3, -0.25) is 4.79 Å². The third-order valence-corrected chi connectivity index (χ3v) is 4.04. The van der Waals surface area contributed by atoms with Crippen LogP contribution in [0.15, 0.2) is 34.7 Å². The SMILES string of the molecule is CCC(C)C(NC(=O)Cc1nc(-c2ccccc2)oc1C)C(=O)O. The van der Waals surface area contributed by atoms with Crippen LogP contribution in [0.25, 0.3) is 11.5 Å². The lowest BCUT2D eigenvalue weighted by Gasteiger charge is -2.19. The van der Waals surface area contributed by atoms with E-state index >= 15 is 0 Å². The Morgan fingerprint density at radius 3 is 2.54 bits per heavy atom. The van der Waals surface area contributed by atoms with E-state index < -0.39 is 12.0 Å². The third kappa shape index (κ3) is 4.22. The minimum Gasteiger partial charge on any atom is -0.480 e. The second-order valence-electron chi connectivity index (χ2n) is 5.83. The normalized spacial score (nSPS) is 13.3. The minimum atomic E-state index is -1.03. The van der Waals surface area contributed by atoms with Crippen LogP contribution in [0.4, 0.5) is 0 Å². The van der Waals surface area contributed by atoms with Crippen LogP contribution in [0.1, 0.15) is 31.7 Å². The van der Waals surface area contributed by atoms with Crippen molar-refractivity contribution in [2.75, 3.05) is 0 Å². The van der Waals surface area contributed by atoms with Crippen LogP contribution < -0.4 is 5.32 Å². The first-order valence-corrected chi connectivity index (χ1v) is 7.96. The van der Waals surface area contributed by atoms with E-state index in [0.717, 1.165) is 5.56 Å². The highest BCUT2D eigenvalue weighted by molar-refractivity contribution is 5.85. The highest BCUT2D eigenvalue weighted by atomic mass is 16.4. The molecular formula is C18H22N2O4. The van der Waals surface area contributed by atoms with Gasteiger partial charge in [0.25, 0.3) is 0 Å². The molecule has 0 saturated carbocycles. The topological polar surface area (TPSA) is 92.4 Å². The Morgan fingerprint density at radius 1 is 1.29 bits per heavy atom. The summed E-state index contributed by atoms with van der Waals surface area (Å²) in [5.41, 5.74) is 1.34. The molecule has 6 heteroatoms. The van der Waals surface area contributed by atoms with E-state index in [4.69, 9.17) is 4.42 Å². The van der Waals surface area contributed by atoms with Gasteiger partial charge >= 0.3 is 5.97 Å². The van der Waals surface area contributed by atoms with Crippen LogP contribution in [0.5, 0.6) is 0 Å². The monoisotopic (exact) mass is 330 g/mol. The van der Waals surface area contributed by atoms with E-state index in [2.05, 4.69) is 10.3 Å². The van der Waals surface area contributed by atoms with Gasteiger partial charge in [-0.15, -0.1) is 0 Å². The summed E-state index contributed by atoms with van der Waals surface area (Å²) in [6.07, 6.45) is 0.654. The van der Waals surface area contributed by atoms with E-state index in [9.17, 15) is 14.7 Å². The van der Waals surface area contributed by atoms with Crippen molar-refractivity contribution in [1.82, 2.24) is 10.3 Å². The van der Waals surface area contributed by atoms with E-state index in [1.165, 1.54) is 0 Å². The maximum absolute atomic E-state index is 12.2. The molecule has 1 amide bonds. The van der Waals surface area contributed by atoms with Crippen molar-refractivity contribution in [3.05, 3.63) is 41.8 Å². The molecule has 0 spiro atoms. The van der Waals surface area contributed by atoms with Crippen molar-refractivity contribution >= 4 is 11.9 Å². The summed E-state index contributed by atoms with van der Waals surface area (Å²) in [6.45, 7) is 5.43. The fourth-order valence-corrected chi connectivity index (χ4v) is 2.36. The number of carboxylic acids is 1. The van der Waals surface area contributed by atoms with Gasteiger partial charge in [0.15, 0.2) is 0 Å². The number of hydrogen-bond donors (Lipinski definition) is 2. The molecule has 0 aliphatic heterocycles. The average Bonchev–Trinajstić information content (AvgIpc) is 2.93. The van der Waals surface area contributed by atoms with Gasteiger partial charge in [-0.25, -0.2) is 9.78 Å². The first kappa shape index (κ1) is 17.7. The van der Waals surface area contributed by atoms with Crippen molar-refractivity contribution in [2.24, 2.45) is 5.92 Å². The molecule has 0 fully saturated rings. The molecule has 1 aromatic heterocycles. The molecule has 2 atom stereocenters. The Morgan fingerprint density at radius 2 is 1.96 bits per heavy atom. The summed E-state index contributed by atoms with van der Waals surface area (Å²) < 4.78 is 5.62. The zero-order chi connectivity index (χ0) is 17.7. The minimum absolute atomic E-state index is 0.0115. The Balaban J connectivity index is 2.09. The summed E-state index contributed by atoms with van der Waals surface area (Å²) in [6, 6.07) is 8.50. The largest absolute Gasteiger partial charge is 0.480 e. The second-order valence-corrected chi connectivity index (χ2v) is 5.83. The number of hydrogen-bond acceptors (Lipinski definition) is 4. The number of carbonyl (C=O) groups excluding carboxylic acids is 1. The van der Waals surface area contributed by atoms with E-state index in [1.54, 1.807) is 13.8 Å².